The highest BCUT2D eigenvalue weighted by Crippen LogP contribution is 2.23. The molecule has 0 aliphatic carbocycles. The highest BCUT2D eigenvalue weighted by molar-refractivity contribution is 7.98. The third kappa shape index (κ3) is 3.48. The van der Waals surface area contributed by atoms with Crippen molar-refractivity contribution >= 4 is 28.3 Å². The fraction of sp³-hybridized carbons (Fsp3) is 0.250. The normalized spacial score (nSPS) is 11.5. The number of imidazole rings is 1. The van der Waals surface area contributed by atoms with Crippen molar-refractivity contribution in [3.63, 3.8) is 0 Å². The second kappa shape index (κ2) is 7.54. The predicted octanol–water partition coefficient (Wildman–Crippen LogP) is 3.03. The molecule has 27 heavy (non-hydrogen) atoms. The Morgan fingerprint density at radius 3 is 2.81 bits per heavy atom. The lowest BCUT2D eigenvalue weighted by Crippen LogP contribution is -2.24. The molecule has 1 N–H and O–H groups in total. The first-order valence-electron chi connectivity index (χ1n) is 8.84. The van der Waals surface area contributed by atoms with Crippen LogP contribution >= 0.6 is 11.8 Å². The number of rotatable bonds is 6. The lowest BCUT2D eigenvalue weighted by Gasteiger charge is -2.12. The molecule has 0 spiro atoms. The average Bonchev–Trinajstić information content (AvgIpc) is 3.10. The van der Waals surface area contributed by atoms with Crippen LogP contribution in [-0.4, -0.2) is 30.6 Å². The van der Waals surface area contributed by atoms with Crippen molar-refractivity contribution in [1.82, 2.24) is 18.9 Å². The van der Waals surface area contributed by atoms with Gasteiger partial charge in [0.2, 0.25) is 0 Å². The minimum atomic E-state index is -0.0672. The molecule has 0 fully saturated rings. The number of aliphatic hydroxyl groups excluding tert-OH is 1. The first-order valence-corrected chi connectivity index (χ1v) is 9.82. The second-order valence-electron chi connectivity index (χ2n) is 6.39. The first-order chi connectivity index (χ1) is 13.2. The van der Waals surface area contributed by atoms with E-state index in [0.717, 1.165) is 16.9 Å². The average molecular weight is 380 g/mol. The maximum absolute atomic E-state index is 12.9. The highest BCUT2D eigenvalue weighted by atomic mass is 32.2. The number of para-hydroxylation sites is 1. The highest BCUT2D eigenvalue weighted by Gasteiger charge is 2.12. The Bertz CT molecular complexity index is 1170. The van der Waals surface area contributed by atoms with Crippen LogP contribution in [0.4, 0.5) is 0 Å². The molecular weight excluding hydrogens is 360 g/mol. The van der Waals surface area contributed by atoms with E-state index in [0.29, 0.717) is 34.8 Å². The molecular formula is C20H20N4O2S. The van der Waals surface area contributed by atoms with E-state index in [1.807, 2.05) is 54.0 Å². The van der Waals surface area contributed by atoms with E-state index < -0.39 is 0 Å². The molecule has 0 bridgehead atoms. The molecule has 6 nitrogen and oxygen atoms in total. The van der Waals surface area contributed by atoms with Crippen molar-refractivity contribution in [3.8, 4) is 0 Å². The summed E-state index contributed by atoms with van der Waals surface area (Å²) in [4.78, 5) is 22.2. The Balaban J connectivity index is 1.69. The van der Waals surface area contributed by atoms with Gasteiger partial charge in [-0.3, -0.25) is 9.36 Å². The summed E-state index contributed by atoms with van der Waals surface area (Å²) in [6.07, 6.45) is 4.50. The fourth-order valence-electron chi connectivity index (χ4n) is 3.10. The zero-order valence-electron chi connectivity index (χ0n) is 15.0. The number of fused-ring (bicyclic) bond motifs is 2. The van der Waals surface area contributed by atoms with Gasteiger partial charge in [-0.05, 0) is 37.1 Å². The maximum Gasteiger partial charge on any atom is 0.262 e. The van der Waals surface area contributed by atoms with Crippen LogP contribution in [0.25, 0.3) is 16.6 Å². The van der Waals surface area contributed by atoms with Crippen LogP contribution in [-0.2, 0) is 12.3 Å². The fourth-order valence-corrected chi connectivity index (χ4v) is 4.01. The standard InChI is InChI=1S/C20H20N4O2S/c1-14-6-4-9-23-12-15(21-18(14)23)13-27-20-22-17-8-3-2-7-16(17)19(26)24(20)10-5-11-25/h2-4,6-9,12,25H,5,10-11,13H2,1H3. The molecule has 0 atom stereocenters. The van der Waals surface area contributed by atoms with Gasteiger partial charge < -0.3 is 9.51 Å². The molecule has 0 saturated heterocycles. The van der Waals surface area contributed by atoms with Crippen LogP contribution in [0, 0.1) is 6.92 Å². The van der Waals surface area contributed by atoms with Gasteiger partial charge in [-0.15, -0.1) is 0 Å². The van der Waals surface area contributed by atoms with Gasteiger partial charge in [0.25, 0.3) is 5.56 Å². The summed E-state index contributed by atoms with van der Waals surface area (Å²) in [6.45, 7) is 2.52. The topological polar surface area (TPSA) is 72.4 Å². The number of aryl methyl sites for hydroxylation is 1. The van der Waals surface area contributed by atoms with E-state index in [1.54, 1.807) is 10.6 Å². The van der Waals surface area contributed by atoms with Crippen molar-refractivity contribution in [2.75, 3.05) is 6.61 Å². The molecule has 0 aliphatic rings. The van der Waals surface area contributed by atoms with Crippen LogP contribution in [0.15, 0.2) is 58.7 Å². The van der Waals surface area contributed by atoms with Gasteiger partial charge in [-0.25, -0.2) is 9.97 Å². The van der Waals surface area contributed by atoms with Gasteiger partial charge in [0.1, 0.15) is 5.65 Å². The number of hydrogen-bond donors (Lipinski definition) is 1. The van der Waals surface area contributed by atoms with Crippen LogP contribution in [0.1, 0.15) is 17.7 Å². The first kappa shape index (κ1) is 17.8. The van der Waals surface area contributed by atoms with Crippen molar-refractivity contribution in [1.29, 1.82) is 0 Å². The molecule has 3 heterocycles. The Kier molecular flexibility index (Phi) is 4.96. The van der Waals surface area contributed by atoms with E-state index in [2.05, 4.69) is 4.98 Å². The minimum Gasteiger partial charge on any atom is -0.396 e. The van der Waals surface area contributed by atoms with Gasteiger partial charge in [-0.2, -0.15) is 0 Å². The van der Waals surface area contributed by atoms with Crippen LogP contribution < -0.4 is 5.56 Å². The molecule has 4 aromatic rings. The van der Waals surface area contributed by atoms with Gasteiger partial charge in [0, 0.05) is 31.3 Å². The van der Waals surface area contributed by atoms with Gasteiger partial charge in [0.15, 0.2) is 5.16 Å². The van der Waals surface area contributed by atoms with Crippen molar-refractivity contribution in [2.45, 2.75) is 30.8 Å². The third-order valence-electron chi connectivity index (χ3n) is 4.44. The van der Waals surface area contributed by atoms with E-state index >= 15 is 0 Å². The van der Waals surface area contributed by atoms with Gasteiger partial charge in [0.05, 0.1) is 16.6 Å². The van der Waals surface area contributed by atoms with E-state index in [4.69, 9.17) is 4.98 Å². The van der Waals surface area contributed by atoms with Crippen LogP contribution in [0.5, 0.6) is 0 Å². The molecule has 0 unspecified atom stereocenters. The molecule has 3 aromatic heterocycles. The number of pyridine rings is 1. The number of hydrogen-bond acceptors (Lipinski definition) is 5. The smallest absolute Gasteiger partial charge is 0.262 e. The largest absolute Gasteiger partial charge is 0.396 e. The van der Waals surface area contributed by atoms with Crippen LogP contribution in [0.3, 0.4) is 0 Å². The Hall–Kier alpha value is -2.64. The summed E-state index contributed by atoms with van der Waals surface area (Å²) in [7, 11) is 0. The molecule has 0 radical (unpaired) electrons. The van der Waals surface area contributed by atoms with Crippen molar-refractivity contribution < 1.29 is 5.11 Å². The second-order valence-corrected chi connectivity index (χ2v) is 7.33. The monoisotopic (exact) mass is 380 g/mol. The van der Waals surface area contributed by atoms with E-state index in [1.165, 1.54) is 11.8 Å². The lowest BCUT2D eigenvalue weighted by atomic mass is 10.2. The van der Waals surface area contributed by atoms with Crippen molar-refractivity contribution in [2.24, 2.45) is 0 Å². The summed E-state index contributed by atoms with van der Waals surface area (Å²) < 4.78 is 3.67. The molecule has 0 saturated carbocycles. The Labute approximate surface area is 160 Å². The summed E-state index contributed by atoms with van der Waals surface area (Å²) >= 11 is 1.50. The molecule has 0 amide bonds. The van der Waals surface area contributed by atoms with Crippen molar-refractivity contribution in [3.05, 3.63) is 70.4 Å². The van der Waals surface area contributed by atoms with E-state index in [-0.39, 0.29) is 12.2 Å². The number of thioether (sulfide) groups is 1. The molecule has 4 rings (SSSR count). The summed E-state index contributed by atoms with van der Waals surface area (Å²) in [5, 5.41) is 10.4. The predicted molar refractivity (Wildman–Crippen MR) is 107 cm³/mol. The molecule has 7 heteroatoms. The molecule has 1 aromatic carbocycles. The Morgan fingerprint density at radius 1 is 1.15 bits per heavy atom. The van der Waals surface area contributed by atoms with Gasteiger partial charge in [-0.1, -0.05) is 30.0 Å². The quantitative estimate of drug-likeness (QED) is 0.411. The summed E-state index contributed by atoms with van der Waals surface area (Å²) in [5.74, 6) is 0.616. The number of aromatic nitrogens is 4. The number of nitrogens with zero attached hydrogens (tertiary/aromatic N) is 4. The summed E-state index contributed by atoms with van der Waals surface area (Å²) in [5.41, 5.74) is 3.62. The zero-order valence-corrected chi connectivity index (χ0v) is 15.8. The van der Waals surface area contributed by atoms with Gasteiger partial charge >= 0.3 is 0 Å². The Morgan fingerprint density at radius 2 is 2.00 bits per heavy atom. The molecule has 138 valence electrons. The number of benzene rings is 1. The number of aliphatic hydroxyl groups is 1. The summed E-state index contributed by atoms with van der Waals surface area (Å²) in [6, 6.07) is 11.4. The molecule has 0 aliphatic heterocycles. The van der Waals surface area contributed by atoms with Crippen LogP contribution in [0.2, 0.25) is 0 Å². The van der Waals surface area contributed by atoms with E-state index in [9.17, 15) is 9.90 Å². The maximum atomic E-state index is 12.9. The third-order valence-corrected chi connectivity index (χ3v) is 5.45. The SMILES string of the molecule is Cc1cccn2cc(CSc3nc4ccccc4c(=O)n3CCCO)nc12. The lowest BCUT2D eigenvalue weighted by molar-refractivity contribution is 0.276. The zero-order chi connectivity index (χ0) is 18.8. The minimum absolute atomic E-state index is 0.0368.